The van der Waals surface area contributed by atoms with E-state index >= 15 is 0 Å². The van der Waals surface area contributed by atoms with Crippen LogP contribution in [0.3, 0.4) is 0 Å². The Morgan fingerprint density at radius 2 is 2.47 bits per heavy atom. The van der Waals surface area contributed by atoms with E-state index in [4.69, 9.17) is 5.26 Å². The van der Waals surface area contributed by atoms with Gasteiger partial charge in [-0.3, -0.25) is 4.79 Å². The third kappa shape index (κ3) is 3.83. The van der Waals surface area contributed by atoms with Gasteiger partial charge >= 0.3 is 0 Å². The summed E-state index contributed by atoms with van der Waals surface area (Å²) in [4.78, 5) is 11.2. The van der Waals surface area contributed by atoms with Crippen molar-refractivity contribution in [3.05, 3.63) is 24.0 Å². The number of carbonyl (C=O) groups excluding carboxylic acids is 1. The zero-order chi connectivity index (χ0) is 11.1. The second-order valence-corrected chi connectivity index (χ2v) is 3.16. The van der Waals surface area contributed by atoms with Crippen LogP contribution in [0.15, 0.2) is 18.5 Å². The molecule has 0 aliphatic rings. The number of carbonyl (C=O) groups is 1. The maximum absolute atomic E-state index is 11.2. The lowest BCUT2D eigenvalue weighted by molar-refractivity contribution is -0.121. The average Bonchev–Trinajstić information content (AvgIpc) is 2.63. The summed E-state index contributed by atoms with van der Waals surface area (Å²) >= 11 is 0. The number of nitrogens with zero attached hydrogens (tertiary/aromatic N) is 2. The highest BCUT2D eigenvalue weighted by atomic mass is 16.1. The molecule has 0 bridgehead atoms. The van der Waals surface area contributed by atoms with Gasteiger partial charge < -0.3 is 15.2 Å². The molecule has 0 spiro atoms. The van der Waals surface area contributed by atoms with Crippen LogP contribution in [0.4, 0.5) is 0 Å². The fourth-order valence-corrected chi connectivity index (χ4v) is 1.26. The fourth-order valence-electron chi connectivity index (χ4n) is 1.26. The van der Waals surface area contributed by atoms with E-state index in [-0.39, 0.29) is 19.0 Å². The topological polar surface area (TPSA) is 69.8 Å². The molecule has 15 heavy (non-hydrogen) atoms. The van der Waals surface area contributed by atoms with Gasteiger partial charge in [0.2, 0.25) is 5.91 Å². The molecule has 2 N–H and O–H groups in total. The summed E-state index contributed by atoms with van der Waals surface area (Å²) in [5.74, 6) is -0.150. The minimum Gasteiger partial charge on any atom is -0.345 e. The number of nitrogens with one attached hydrogen (secondary N) is 2. The van der Waals surface area contributed by atoms with Crippen molar-refractivity contribution in [3.8, 4) is 6.07 Å². The maximum atomic E-state index is 11.2. The third-order valence-corrected chi connectivity index (χ3v) is 1.88. The van der Waals surface area contributed by atoms with Gasteiger partial charge in [-0.15, -0.1) is 0 Å². The van der Waals surface area contributed by atoms with E-state index in [2.05, 4.69) is 10.6 Å². The van der Waals surface area contributed by atoms with Crippen LogP contribution in [-0.4, -0.2) is 24.1 Å². The lowest BCUT2D eigenvalue weighted by atomic mass is 10.3. The first-order valence-corrected chi connectivity index (χ1v) is 4.69. The number of hydrogen-bond acceptors (Lipinski definition) is 3. The van der Waals surface area contributed by atoms with Gasteiger partial charge in [-0.2, -0.15) is 5.26 Å². The fraction of sp³-hybridized carbons (Fsp3) is 0.400. The molecular weight excluding hydrogens is 192 g/mol. The monoisotopic (exact) mass is 206 g/mol. The number of amides is 1. The van der Waals surface area contributed by atoms with Gasteiger partial charge in [0.1, 0.15) is 13.1 Å². The second kappa shape index (κ2) is 5.83. The highest BCUT2D eigenvalue weighted by Gasteiger charge is 2.01. The molecule has 1 aromatic rings. The number of hydrogen-bond donors (Lipinski definition) is 2. The molecule has 0 saturated heterocycles. The van der Waals surface area contributed by atoms with Crippen molar-refractivity contribution in [1.82, 2.24) is 15.2 Å². The molecule has 0 fully saturated rings. The molecule has 0 radical (unpaired) electrons. The minimum absolute atomic E-state index is 0.0590. The molecule has 1 aromatic heterocycles. The van der Waals surface area contributed by atoms with Crippen molar-refractivity contribution < 1.29 is 4.79 Å². The molecule has 80 valence electrons. The van der Waals surface area contributed by atoms with Gasteiger partial charge in [0.25, 0.3) is 0 Å². The molecule has 0 saturated carbocycles. The summed E-state index contributed by atoms with van der Waals surface area (Å²) in [6, 6.07) is 3.81. The SMILES string of the molecule is CNCc1ccn(CC(=O)NCC#N)c1. The van der Waals surface area contributed by atoms with Crippen LogP contribution < -0.4 is 10.6 Å². The van der Waals surface area contributed by atoms with Gasteiger partial charge in [-0.1, -0.05) is 0 Å². The molecule has 1 amide bonds. The van der Waals surface area contributed by atoms with E-state index in [1.807, 2.05) is 31.6 Å². The van der Waals surface area contributed by atoms with E-state index in [0.29, 0.717) is 0 Å². The molecular formula is C10H14N4O. The van der Waals surface area contributed by atoms with Crippen molar-refractivity contribution >= 4 is 5.91 Å². The maximum Gasteiger partial charge on any atom is 0.240 e. The Morgan fingerprint density at radius 1 is 1.67 bits per heavy atom. The normalized spacial score (nSPS) is 9.60. The van der Waals surface area contributed by atoms with Gasteiger partial charge in [-0.05, 0) is 18.7 Å². The predicted molar refractivity (Wildman–Crippen MR) is 55.8 cm³/mol. The quantitative estimate of drug-likeness (QED) is 0.658. The molecule has 0 aromatic carbocycles. The van der Waals surface area contributed by atoms with Gasteiger partial charge in [-0.25, -0.2) is 0 Å². The molecule has 0 aliphatic heterocycles. The lowest BCUT2D eigenvalue weighted by Crippen LogP contribution is -2.27. The van der Waals surface area contributed by atoms with Crippen molar-refractivity contribution in [3.63, 3.8) is 0 Å². The Labute approximate surface area is 88.7 Å². The van der Waals surface area contributed by atoms with E-state index in [9.17, 15) is 4.79 Å². The predicted octanol–water partition coefficient (Wildman–Crippen LogP) is -0.153. The van der Waals surface area contributed by atoms with Crippen molar-refractivity contribution in [1.29, 1.82) is 5.26 Å². The number of rotatable bonds is 5. The Bertz CT molecular complexity index is 364. The zero-order valence-electron chi connectivity index (χ0n) is 8.66. The highest BCUT2D eigenvalue weighted by Crippen LogP contribution is 2.00. The highest BCUT2D eigenvalue weighted by molar-refractivity contribution is 5.75. The summed E-state index contributed by atoms with van der Waals surface area (Å²) < 4.78 is 1.79. The molecule has 1 rings (SSSR count). The van der Waals surface area contributed by atoms with E-state index in [1.165, 1.54) is 0 Å². The standard InChI is InChI=1S/C10H14N4O/c1-12-6-9-2-5-14(7-9)8-10(15)13-4-3-11/h2,5,7,12H,4,6,8H2,1H3,(H,13,15). The van der Waals surface area contributed by atoms with Crippen molar-refractivity contribution in [2.24, 2.45) is 0 Å². The van der Waals surface area contributed by atoms with Crippen LogP contribution in [0.1, 0.15) is 5.56 Å². The summed E-state index contributed by atoms with van der Waals surface area (Å²) in [7, 11) is 1.87. The minimum atomic E-state index is -0.150. The van der Waals surface area contributed by atoms with Gasteiger partial charge in [0.15, 0.2) is 0 Å². The smallest absolute Gasteiger partial charge is 0.240 e. The first-order chi connectivity index (χ1) is 7.26. The van der Waals surface area contributed by atoms with E-state index in [0.717, 1.165) is 12.1 Å². The molecule has 0 aliphatic carbocycles. The number of nitriles is 1. The van der Waals surface area contributed by atoms with Crippen LogP contribution in [0, 0.1) is 11.3 Å². The van der Waals surface area contributed by atoms with Gasteiger partial charge in [0, 0.05) is 18.9 Å². The summed E-state index contributed by atoms with van der Waals surface area (Å²) in [6.07, 6.45) is 3.75. The summed E-state index contributed by atoms with van der Waals surface area (Å²) in [5.41, 5.74) is 1.13. The van der Waals surface area contributed by atoms with Crippen molar-refractivity contribution in [2.45, 2.75) is 13.1 Å². The largest absolute Gasteiger partial charge is 0.345 e. The Balaban J connectivity index is 2.43. The van der Waals surface area contributed by atoms with E-state index in [1.54, 1.807) is 4.57 Å². The molecule has 5 nitrogen and oxygen atoms in total. The first-order valence-electron chi connectivity index (χ1n) is 4.69. The average molecular weight is 206 g/mol. The molecule has 1 heterocycles. The Morgan fingerprint density at radius 3 is 3.13 bits per heavy atom. The van der Waals surface area contributed by atoms with Crippen LogP contribution in [0.2, 0.25) is 0 Å². The number of aromatic nitrogens is 1. The summed E-state index contributed by atoms with van der Waals surface area (Å²) in [5, 5.41) is 13.8. The zero-order valence-corrected chi connectivity index (χ0v) is 8.66. The summed E-state index contributed by atoms with van der Waals surface area (Å²) in [6.45, 7) is 1.10. The van der Waals surface area contributed by atoms with E-state index < -0.39 is 0 Å². The molecule has 0 atom stereocenters. The second-order valence-electron chi connectivity index (χ2n) is 3.16. The van der Waals surface area contributed by atoms with Crippen LogP contribution in [-0.2, 0) is 17.9 Å². The Hall–Kier alpha value is -1.80. The lowest BCUT2D eigenvalue weighted by Gasteiger charge is -2.01. The van der Waals surface area contributed by atoms with Crippen LogP contribution in [0.25, 0.3) is 0 Å². The Kier molecular flexibility index (Phi) is 4.38. The van der Waals surface area contributed by atoms with Crippen LogP contribution >= 0.6 is 0 Å². The molecule has 0 unspecified atom stereocenters. The molecule has 5 heteroatoms. The third-order valence-electron chi connectivity index (χ3n) is 1.88. The van der Waals surface area contributed by atoms with Crippen LogP contribution in [0.5, 0.6) is 0 Å². The van der Waals surface area contributed by atoms with Gasteiger partial charge in [0.05, 0.1) is 6.07 Å². The van der Waals surface area contributed by atoms with Crippen molar-refractivity contribution in [2.75, 3.05) is 13.6 Å². The first kappa shape index (κ1) is 11.3.